The van der Waals surface area contributed by atoms with Gasteiger partial charge in [-0.1, -0.05) is 48.2 Å². The van der Waals surface area contributed by atoms with E-state index in [1.807, 2.05) is 37.3 Å². The molecular formula is C20H15N3O3S2. The van der Waals surface area contributed by atoms with Gasteiger partial charge in [0.25, 0.3) is 17.7 Å². The van der Waals surface area contributed by atoms with E-state index in [9.17, 15) is 14.4 Å². The van der Waals surface area contributed by atoms with Crippen LogP contribution in [0.1, 0.15) is 21.5 Å². The van der Waals surface area contributed by atoms with Crippen molar-refractivity contribution in [3.05, 3.63) is 70.1 Å². The molecule has 1 N–H and O–H groups in total. The molecule has 28 heavy (non-hydrogen) atoms. The Labute approximate surface area is 171 Å². The van der Waals surface area contributed by atoms with E-state index in [1.165, 1.54) is 4.90 Å². The highest BCUT2D eigenvalue weighted by molar-refractivity contribution is 8.26. The third-order valence-corrected chi connectivity index (χ3v) is 6.03. The van der Waals surface area contributed by atoms with Crippen LogP contribution in [0.3, 0.4) is 0 Å². The fourth-order valence-electron chi connectivity index (χ4n) is 3.19. The zero-order valence-corrected chi connectivity index (χ0v) is 16.7. The minimum absolute atomic E-state index is 0.175. The maximum Gasteiger partial charge on any atom is 0.286 e. The highest BCUT2D eigenvalue weighted by Crippen LogP contribution is 2.43. The lowest BCUT2D eigenvalue weighted by Gasteiger charge is -2.16. The summed E-state index contributed by atoms with van der Waals surface area (Å²) in [5, 5.41) is 1.03. The number of para-hydroxylation sites is 1. The molecule has 140 valence electrons. The molecule has 8 heteroatoms. The molecule has 0 radical (unpaired) electrons. The summed E-state index contributed by atoms with van der Waals surface area (Å²) >= 11 is 6.31. The minimum atomic E-state index is -0.509. The van der Waals surface area contributed by atoms with Crippen molar-refractivity contribution in [2.24, 2.45) is 0 Å². The summed E-state index contributed by atoms with van der Waals surface area (Å²) < 4.78 is 0.175. The van der Waals surface area contributed by atoms with Crippen LogP contribution >= 0.6 is 24.0 Å². The lowest BCUT2D eigenvalue weighted by Crippen LogP contribution is -2.45. The van der Waals surface area contributed by atoms with E-state index < -0.39 is 11.8 Å². The third-order valence-electron chi connectivity index (χ3n) is 4.65. The van der Waals surface area contributed by atoms with Crippen molar-refractivity contribution in [3.63, 3.8) is 0 Å². The number of benzene rings is 2. The van der Waals surface area contributed by atoms with Gasteiger partial charge in [-0.05, 0) is 36.8 Å². The Hall–Kier alpha value is -2.97. The topological polar surface area (TPSA) is 69.7 Å². The summed E-state index contributed by atoms with van der Waals surface area (Å²) in [6, 6.07) is 14.3. The zero-order valence-electron chi connectivity index (χ0n) is 15.1. The van der Waals surface area contributed by atoms with Crippen LogP contribution in [0.4, 0.5) is 5.69 Å². The summed E-state index contributed by atoms with van der Waals surface area (Å²) in [6.07, 6.45) is 0. The van der Waals surface area contributed by atoms with Gasteiger partial charge in [-0.15, -0.1) is 0 Å². The van der Waals surface area contributed by atoms with Crippen molar-refractivity contribution >= 4 is 57.3 Å². The standard InChI is InChI=1S/C20H15N3O3S2/c1-11-7-3-4-8-12(11)17(24)21-23-19(26)16(28-20(23)27)15-13-9-5-6-10-14(13)22(2)18(15)25/h3-10H,1-2H3,(H,21,24). The predicted octanol–water partition coefficient (Wildman–Crippen LogP) is 2.89. The maximum atomic E-state index is 13.0. The van der Waals surface area contributed by atoms with Crippen molar-refractivity contribution < 1.29 is 14.4 Å². The molecule has 3 amide bonds. The SMILES string of the molecule is Cc1ccccc1C(=O)NN1C(=O)C(=C2C(=O)N(C)c3ccccc32)SC1=S. The number of fused-ring (bicyclic) bond motifs is 1. The number of hydrogen-bond acceptors (Lipinski definition) is 5. The molecule has 2 heterocycles. The number of likely N-dealkylation sites (N-methyl/N-ethyl adjacent to an activating group) is 1. The molecule has 0 bridgehead atoms. The average molecular weight is 409 g/mol. The number of carbonyl (C=O) groups is 3. The number of rotatable bonds is 2. The van der Waals surface area contributed by atoms with Gasteiger partial charge < -0.3 is 4.90 Å². The van der Waals surface area contributed by atoms with E-state index in [0.717, 1.165) is 28.0 Å². The van der Waals surface area contributed by atoms with Crippen LogP contribution in [0.2, 0.25) is 0 Å². The van der Waals surface area contributed by atoms with E-state index in [-0.39, 0.29) is 15.1 Å². The average Bonchev–Trinajstić information content (AvgIpc) is 3.10. The molecule has 0 unspecified atom stereocenters. The second-order valence-corrected chi connectivity index (χ2v) is 7.99. The molecular weight excluding hydrogens is 394 g/mol. The summed E-state index contributed by atoms with van der Waals surface area (Å²) in [4.78, 5) is 40.1. The van der Waals surface area contributed by atoms with Gasteiger partial charge in [0.1, 0.15) is 0 Å². The van der Waals surface area contributed by atoms with Gasteiger partial charge in [0.2, 0.25) is 0 Å². The number of hydrogen-bond donors (Lipinski definition) is 1. The van der Waals surface area contributed by atoms with Crippen LogP contribution in [0.5, 0.6) is 0 Å². The number of hydrazine groups is 1. The number of anilines is 1. The van der Waals surface area contributed by atoms with Gasteiger partial charge in [-0.2, -0.15) is 5.01 Å². The largest absolute Gasteiger partial charge is 0.311 e. The molecule has 2 aromatic rings. The van der Waals surface area contributed by atoms with Crippen LogP contribution in [0.25, 0.3) is 5.57 Å². The van der Waals surface area contributed by atoms with Crippen LogP contribution in [-0.2, 0) is 9.59 Å². The monoisotopic (exact) mass is 409 g/mol. The highest BCUT2D eigenvalue weighted by Gasteiger charge is 2.41. The van der Waals surface area contributed by atoms with E-state index in [4.69, 9.17) is 12.2 Å². The first kappa shape index (κ1) is 18.4. The smallest absolute Gasteiger partial charge is 0.286 e. The van der Waals surface area contributed by atoms with Gasteiger partial charge in [0, 0.05) is 18.2 Å². The molecule has 2 aliphatic heterocycles. The highest BCUT2D eigenvalue weighted by atomic mass is 32.2. The van der Waals surface area contributed by atoms with Crippen LogP contribution in [0, 0.1) is 6.92 Å². The van der Waals surface area contributed by atoms with Crippen molar-refractivity contribution in [1.29, 1.82) is 0 Å². The van der Waals surface area contributed by atoms with E-state index in [0.29, 0.717) is 16.7 Å². The summed E-state index contributed by atoms with van der Waals surface area (Å²) in [5.74, 6) is -1.21. The molecule has 0 aliphatic carbocycles. The second kappa shape index (κ2) is 6.88. The van der Waals surface area contributed by atoms with E-state index in [1.54, 1.807) is 25.2 Å². The van der Waals surface area contributed by atoms with Gasteiger partial charge >= 0.3 is 0 Å². The Balaban J connectivity index is 1.69. The number of nitrogens with zero attached hydrogens (tertiary/aromatic N) is 2. The number of thioether (sulfide) groups is 1. The molecule has 2 aromatic carbocycles. The molecule has 2 aliphatic rings. The molecule has 0 aromatic heterocycles. The van der Waals surface area contributed by atoms with Gasteiger partial charge in [-0.3, -0.25) is 19.8 Å². The van der Waals surface area contributed by atoms with Gasteiger partial charge in [0.05, 0.1) is 16.2 Å². The van der Waals surface area contributed by atoms with Crippen molar-refractivity contribution in [1.82, 2.24) is 10.4 Å². The second-order valence-electron chi connectivity index (χ2n) is 6.35. The Morgan fingerprint density at radius 2 is 1.71 bits per heavy atom. The fourth-order valence-corrected chi connectivity index (χ4v) is 4.45. The minimum Gasteiger partial charge on any atom is -0.311 e. The summed E-state index contributed by atoms with van der Waals surface area (Å²) in [5.41, 5.74) is 5.52. The van der Waals surface area contributed by atoms with Crippen LogP contribution in [-0.4, -0.2) is 34.1 Å². The van der Waals surface area contributed by atoms with Gasteiger partial charge in [-0.25, -0.2) is 0 Å². The Morgan fingerprint density at radius 1 is 1.04 bits per heavy atom. The third kappa shape index (κ3) is 2.81. The zero-order chi connectivity index (χ0) is 20.0. The Morgan fingerprint density at radius 3 is 2.46 bits per heavy atom. The first-order valence-corrected chi connectivity index (χ1v) is 9.67. The number of nitrogens with one attached hydrogen (secondary N) is 1. The number of thiocarbonyl (C=S) groups is 1. The molecule has 0 saturated carbocycles. The number of carbonyl (C=O) groups excluding carboxylic acids is 3. The lowest BCUT2D eigenvalue weighted by atomic mass is 10.1. The maximum absolute atomic E-state index is 13.0. The molecule has 0 atom stereocenters. The normalized spacial score (nSPS) is 18.7. The van der Waals surface area contributed by atoms with Crippen LogP contribution in [0.15, 0.2) is 53.4 Å². The summed E-state index contributed by atoms with van der Waals surface area (Å²) in [7, 11) is 1.66. The summed E-state index contributed by atoms with van der Waals surface area (Å²) in [6.45, 7) is 1.81. The fraction of sp³-hybridized carbons (Fsp3) is 0.100. The van der Waals surface area contributed by atoms with E-state index >= 15 is 0 Å². The lowest BCUT2D eigenvalue weighted by molar-refractivity contribution is -0.124. The molecule has 4 rings (SSSR count). The molecule has 1 fully saturated rings. The van der Waals surface area contributed by atoms with Crippen molar-refractivity contribution in [2.75, 3.05) is 11.9 Å². The van der Waals surface area contributed by atoms with Gasteiger partial charge in [0.15, 0.2) is 4.32 Å². The Bertz CT molecular complexity index is 1090. The molecule has 1 saturated heterocycles. The van der Waals surface area contributed by atoms with Crippen molar-refractivity contribution in [2.45, 2.75) is 6.92 Å². The first-order valence-electron chi connectivity index (χ1n) is 8.44. The predicted molar refractivity (Wildman–Crippen MR) is 112 cm³/mol. The Kier molecular flexibility index (Phi) is 4.52. The number of aryl methyl sites for hydroxylation is 1. The number of amides is 3. The first-order chi connectivity index (χ1) is 13.4. The van der Waals surface area contributed by atoms with E-state index in [2.05, 4.69) is 5.43 Å². The molecule has 0 spiro atoms. The van der Waals surface area contributed by atoms with Crippen LogP contribution < -0.4 is 10.3 Å². The quantitative estimate of drug-likeness (QED) is 0.610. The van der Waals surface area contributed by atoms with Crippen molar-refractivity contribution in [3.8, 4) is 0 Å². The molecule has 6 nitrogen and oxygen atoms in total.